The molecule has 0 bridgehead atoms. The van der Waals surface area contributed by atoms with E-state index < -0.39 is 0 Å². The molecule has 0 radical (unpaired) electrons. The Kier molecular flexibility index (Phi) is 4.96. The van der Waals surface area contributed by atoms with E-state index in [9.17, 15) is 4.79 Å². The van der Waals surface area contributed by atoms with Crippen molar-refractivity contribution in [2.24, 2.45) is 0 Å². The third-order valence-electron chi connectivity index (χ3n) is 2.30. The Morgan fingerprint density at radius 3 is 2.69 bits per heavy atom. The monoisotopic (exact) mass is 285 g/mol. The molecule has 0 fully saturated rings. The predicted octanol–water partition coefficient (Wildman–Crippen LogP) is 2.29. The number of nitrogens with zero attached hydrogens (tertiary/aromatic N) is 1. The van der Waals surface area contributed by atoms with Crippen LogP contribution in [0.3, 0.4) is 0 Å². The van der Waals surface area contributed by atoms with Crippen molar-refractivity contribution in [3.63, 3.8) is 0 Å². The minimum absolute atomic E-state index is 0.0159. The lowest BCUT2D eigenvalue weighted by atomic mass is 10.1. The minimum Gasteiger partial charge on any atom is -0.395 e. The number of hydrogen-bond donors (Lipinski definition) is 1. The number of aliphatic hydroxyl groups is 1. The smallest absolute Gasteiger partial charge is 0.254 e. The van der Waals surface area contributed by atoms with Gasteiger partial charge in [-0.3, -0.25) is 4.79 Å². The van der Waals surface area contributed by atoms with E-state index in [4.69, 9.17) is 5.11 Å². The Balaban J connectivity index is 2.90. The van der Waals surface area contributed by atoms with Crippen molar-refractivity contribution in [1.82, 2.24) is 4.90 Å². The van der Waals surface area contributed by atoms with E-state index in [1.807, 2.05) is 26.0 Å². The van der Waals surface area contributed by atoms with Gasteiger partial charge in [-0.1, -0.05) is 22.0 Å². The van der Waals surface area contributed by atoms with E-state index in [0.29, 0.717) is 12.1 Å². The first-order valence-corrected chi connectivity index (χ1v) is 6.03. The third-order valence-corrected chi connectivity index (χ3v) is 2.79. The molecule has 1 amide bonds. The van der Waals surface area contributed by atoms with Gasteiger partial charge >= 0.3 is 0 Å². The van der Waals surface area contributed by atoms with E-state index in [0.717, 1.165) is 4.47 Å². The molecule has 1 aromatic rings. The lowest BCUT2D eigenvalue weighted by molar-refractivity contribution is 0.0665. The summed E-state index contributed by atoms with van der Waals surface area (Å²) in [5.41, 5.74) is 0.636. The van der Waals surface area contributed by atoms with Crippen LogP contribution >= 0.6 is 15.9 Å². The van der Waals surface area contributed by atoms with Crippen LogP contribution in [0.1, 0.15) is 24.2 Å². The van der Waals surface area contributed by atoms with Gasteiger partial charge < -0.3 is 10.0 Å². The minimum atomic E-state index is -0.0506. The molecule has 4 heteroatoms. The number of carbonyl (C=O) groups excluding carboxylic acids is 1. The normalized spacial score (nSPS) is 10.6. The topological polar surface area (TPSA) is 40.5 Å². The highest BCUT2D eigenvalue weighted by molar-refractivity contribution is 9.10. The molecule has 1 aromatic carbocycles. The average molecular weight is 286 g/mol. The van der Waals surface area contributed by atoms with Gasteiger partial charge in [0, 0.05) is 22.6 Å². The van der Waals surface area contributed by atoms with Gasteiger partial charge in [-0.25, -0.2) is 0 Å². The molecule has 0 heterocycles. The molecule has 1 rings (SSSR count). The molecule has 0 aliphatic rings. The molecular formula is C12H16BrNO2. The van der Waals surface area contributed by atoms with Crippen LogP contribution in [0.4, 0.5) is 0 Å². The molecular weight excluding hydrogens is 270 g/mol. The van der Waals surface area contributed by atoms with Crippen molar-refractivity contribution in [3.05, 3.63) is 34.3 Å². The molecule has 0 saturated carbocycles. The Morgan fingerprint density at radius 2 is 2.19 bits per heavy atom. The highest BCUT2D eigenvalue weighted by Crippen LogP contribution is 2.14. The van der Waals surface area contributed by atoms with Crippen LogP contribution in [-0.4, -0.2) is 35.1 Å². The van der Waals surface area contributed by atoms with Gasteiger partial charge in [0.25, 0.3) is 5.91 Å². The molecule has 88 valence electrons. The maximum atomic E-state index is 12.1. The van der Waals surface area contributed by atoms with Gasteiger partial charge in [0.05, 0.1) is 6.61 Å². The predicted molar refractivity (Wildman–Crippen MR) is 67.4 cm³/mol. The highest BCUT2D eigenvalue weighted by Gasteiger charge is 2.17. The molecule has 3 nitrogen and oxygen atoms in total. The lowest BCUT2D eigenvalue weighted by Gasteiger charge is -2.26. The van der Waals surface area contributed by atoms with Crippen LogP contribution in [0.15, 0.2) is 28.7 Å². The molecule has 0 aromatic heterocycles. The number of aliphatic hydroxyl groups excluding tert-OH is 1. The van der Waals surface area contributed by atoms with E-state index in [1.54, 1.807) is 17.0 Å². The average Bonchev–Trinajstić information content (AvgIpc) is 2.24. The largest absolute Gasteiger partial charge is 0.395 e. The van der Waals surface area contributed by atoms with Crippen LogP contribution in [0.25, 0.3) is 0 Å². The number of rotatable bonds is 4. The van der Waals surface area contributed by atoms with E-state index >= 15 is 0 Å². The van der Waals surface area contributed by atoms with Crippen molar-refractivity contribution < 1.29 is 9.90 Å². The molecule has 0 aliphatic heterocycles. The first-order chi connectivity index (χ1) is 7.56. The zero-order chi connectivity index (χ0) is 12.1. The molecule has 16 heavy (non-hydrogen) atoms. The number of benzene rings is 1. The van der Waals surface area contributed by atoms with Gasteiger partial charge in [-0.05, 0) is 32.0 Å². The standard InChI is InChI=1S/C12H16BrNO2/c1-9(2)14(6-7-15)12(16)10-4-3-5-11(13)8-10/h3-5,8-9,15H,6-7H2,1-2H3. The molecule has 0 unspecified atom stereocenters. The third kappa shape index (κ3) is 3.32. The fourth-order valence-electron chi connectivity index (χ4n) is 1.49. The summed E-state index contributed by atoms with van der Waals surface area (Å²) in [5.74, 6) is -0.0506. The summed E-state index contributed by atoms with van der Waals surface area (Å²) in [5, 5.41) is 8.93. The van der Waals surface area contributed by atoms with Gasteiger partial charge in [0.15, 0.2) is 0 Å². The molecule has 0 saturated heterocycles. The number of carbonyl (C=O) groups is 1. The Labute approximate surface area is 104 Å². The van der Waals surface area contributed by atoms with Crippen molar-refractivity contribution in [1.29, 1.82) is 0 Å². The van der Waals surface area contributed by atoms with Gasteiger partial charge in [-0.2, -0.15) is 0 Å². The number of amides is 1. The first kappa shape index (κ1) is 13.2. The number of halogens is 1. The zero-order valence-corrected chi connectivity index (χ0v) is 11.1. The summed E-state index contributed by atoms with van der Waals surface area (Å²) < 4.78 is 0.881. The SMILES string of the molecule is CC(C)N(CCO)C(=O)c1cccc(Br)c1. The van der Waals surface area contributed by atoms with Gasteiger partial charge in [0.2, 0.25) is 0 Å². The lowest BCUT2D eigenvalue weighted by Crippen LogP contribution is -2.38. The molecule has 1 N–H and O–H groups in total. The van der Waals surface area contributed by atoms with E-state index in [2.05, 4.69) is 15.9 Å². The van der Waals surface area contributed by atoms with Crippen molar-refractivity contribution in [3.8, 4) is 0 Å². The molecule has 0 spiro atoms. The Morgan fingerprint density at radius 1 is 1.50 bits per heavy atom. The Hall–Kier alpha value is -0.870. The molecule has 0 atom stereocenters. The van der Waals surface area contributed by atoms with E-state index in [1.165, 1.54) is 0 Å². The van der Waals surface area contributed by atoms with Gasteiger partial charge in [0.1, 0.15) is 0 Å². The van der Waals surface area contributed by atoms with Crippen LogP contribution < -0.4 is 0 Å². The van der Waals surface area contributed by atoms with Crippen molar-refractivity contribution in [2.45, 2.75) is 19.9 Å². The number of hydrogen-bond acceptors (Lipinski definition) is 2. The van der Waals surface area contributed by atoms with Crippen LogP contribution in [0.2, 0.25) is 0 Å². The fraction of sp³-hybridized carbons (Fsp3) is 0.417. The maximum absolute atomic E-state index is 12.1. The van der Waals surface area contributed by atoms with Crippen LogP contribution in [0.5, 0.6) is 0 Å². The quantitative estimate of drug-likeness (QED) is 0.922. The zero-order valence-electron chi connectivity index (χ0n) is 9.48. The summed E-state index contributed by atoms with van der Waals surface area (Å²) in [6.45, 7) is 4.22. The Bertz CT molecular complexity index is 366. The maximum Gasteiger partial charge on any atom is 0.254 e. The molecule has 0 aliphatic carbocycles. The second-order valence-corrected chi connectivity index (χ2v) is 4.74. The van der Waals surface area contributed by atoms with Gasteiger partial charge in [-0.15, -0.1) is 0 Å². The summed E-state index contributed by atoms with van der Waals surface area (Å²) in [6.07, 6.45) is 0. The fourth-order valence-corrected chi connectivity index (χ4v) is 1.89. The second-order valence-electron chi connectivity index (χ2n) is 3.83. The summed E-state index contributed by atoms with van der Waals surface area (Å²) >= 11 is 3.34. The van der Waals surface area contributed by atoms with Crippen LogP contribution in [0, 0.1) is 0 Å². The van der Waals surface area contributed by atoms with Crippen molar-refractivity contribution >= 4 is 21.8 Å². The second kappa shape index (κ2) is 6.01. The van der Waals surface area contributed by atoms with Crippen molar-refractivity contribution in [2.75, 3.05) is 13.2 Å². The summed E-state index contributed by atoms with van der Waals surface area (Å²) in [4.78, 5) is 13.8. The van der Waals surface area contributed by atoms with E-state index in [-0.39, 0.29) is 18.6 Å². The summed E-state index contributed by atoms with van der Waals surface area (Å²) in [7, 11) is 0. The highest BCUT2D eigenvalue weighted by atomic mass is 79.9. The first-order valence-electron chi connectivity index (χ1n) is 5.23. The summed E-state index contributed by atoms with van der Waals surface area (Å²) in [6, 6.07) is 7.35. The van der Waals surface area contributed by atoms with Crippen LogP contribution in [-0.2, 0) is 0 Å².